The van der Waals surface area contributed by atoms with Gasteiger partial charge in [-0.1, -0.05) is 0 Å². The van der Waals surface area contributed by atoms with Gasteiger partial charge in [-0.3, -0.25) is 0 Å². The minimum atomic E-state index is -0.0535. The van der Waals surface area contributed by atoms with Crippen LogP contribution in [0.2, 0.25) is 0 Å². The molecule has 1 rings (SSSR count). The molecule has 0 aromatic carbocycles. The summed E-state index contributed by atoms with van der Waals surface area (Å²) in [5.41, 5.74) is 11.5. The van der Waals surface area contributed by atoms with Crippen molar-refractivity contribution in [3.05, 3.63) is 18.3 Å². The Morgan fingerprint density at radius 2 is 2.42 bits per heavy atom. The quantitative estimate of drug-likeness (QED) is 0.683. The molecule has 4 nitrogen and oxygen atoms in total. The third kappa shape index (κ3) is 2.10. The van der Waals surface area contributed by atoms with Gasteiger partial charge in [0, 0.05) is 12.7 Å². The summed E-state index contributed by atoms with van der Waals surface area (Å²) >= 11 is 0. The maximum atomic E-state index is 5.60. The summed E-state index contributed by atoms with van der Waals surface area (Å²) in [6, 6.07) is 3.50. The smallest absolute Gasteiger partial charge is 0.237 e. The van der Waals surface area contributed by atoms with Gasteiger partial charge in [0.2, 0.25) is 5.88 Å². The monoisotopic (exact) mass is 167 g/mol. The van der Waals surface area contributed by atoms with Gasteiger partial charge in [0.05, 0.1) is 5.69 Å². The highest BCUT2D eigenvalue weighted by molar-refractivity contribution is 5.46. The normalized spacial score (nSPS) is 12.5. The first-order valence-electron chi connectivity index (χ1n) is 3.81. The minimum Gasteiger partial charge on any atom is -0.472 e. The summed E-state index contributed by atoms with van der Waals surface area (Å²) in [4.78, 5) is 3.96. The third-order valence-corrected chi connectivity index (χ3v) is 1.45. The lowest BCUT2D eigenvalue weighted by Gasteiger charge is -2.12. The van der Waals surface area contributed by atoms with Gasteiger partial charge in [0.1, 0.15) is 6.10 Å². The van der Waals surface area contributed by atoms with Crippen LogP contribution in [0.3, 0.4) is 0 Å². The number of nitrogens with two attached hydrogens (primary N) is 2. The summed E-state index contributed by atoms with van der Waals surface area (Å²) in [6.45, 7) is 2.32. The van der Waals surface area contributed by atoms with Crippen molar-refractivity contribution in [2.24, 2.45) is 5.73 Å². The molecule has 0 fully saturated rings. The zero-order valence-electron chi connectivity index (χ0n) is 7.03. The van der Waals surface area contributed by atoms with E-state index < -0.39 is 0 Å². The molecule has 4 heteroatoms. The summed E-state index contributed by atoms with van der Waals surface area (Å²) in [5.74, 6) is 0.454. The largest absolute Gasteiger partial charge is 0.472 e. The Hall–Kier alpha value is -1.29. The molecule has 66 valence electrons. The van der Waals surface area contributed by atoms with Gasteiger partial charge in [-0.15, -0.1) is 0 Å². The molecular formula is C8H13N3O. The van der Waals surface area contributed by atoms with Crippen LogP contribution in [0.1, 0.15) is 6.92 Å². The van der Waals surface area contributed by atoms with Gasteiger partial charge in [-0.2, -0.15) is 0 Å². The van der Waals surface area contributed by atoms with Gasteiger partial charge < -0.3 is 16.2 Å². The molecule has 0 saturated carbocycles. The molecule has 1 atom stereocenters. The number of anilines is 1. The topological polar surface area (TPSA) is 74.2 Å². The Labute approximate surface area is 71.5 Å². The maximum absolute atomic E-state index is 5.60. The Morgan fingerprint density at radius 1 is 1.67 bits per heavy atom. The maximum Gasteiger partial charge on any atom is 0.237 e. The van der Waals surface area contributed by atoms with Crippen molar-refractivity contribution < 1.29 is 4.74 Å². The zero-order valence-corrected chi connectivity index (χ0v) is 7.03. The van der Waals surface area contributed by atoms with E-state index in [2.05, 4.69) is 4.98 Å². The van der Waals surface area contributed by atoms with E-state index in [9.17, 15) is 0 Å². The van der Waals surface area contributed by atoms with Crippen LogP contribution in [0.4, 0.5) is 5.69 Å². The molecule has 0 aliphatic rings. The Morgan fingerprint density at radius 3 is 3.00 bits per heavy atom. The van der Waals surface area contributed by atoms with Crippen molar-refractivity contribution >= 4 is 5.69 Å². The first kappa shape index (κ1) is 8.80. The van der Waals surface area contributed by atoms with Crippen LogP contribution in [0.15, 0.2) is 18.3 Å². The van der Waals surface area contributed by atoms with Crippen LogP contribution in [0, 0.1) is 0 Å². The van der Waals surface area contributed by atoms with E-state index in [1.807, 2.05) is 6.92 Å². The fourth-order valence-corrected chi connectivity index (χ4v) is 0.740. The summed E-state index contributed by atoms with van der Waals surface area (Å²) in [5, 5.41) is 0. The number of rotatable bonds is 3. The van der Waals surface area contributed by atoms with Crippen molar-refractivity contribution in [3.63, 3.8) is 0 Å². The second-order valence-corrected chi connectivity index (χ2v) is 2.56. The highest BCUT2D eigenvalue weighted by atomic mass is 16.5. The second-order valence-electron chi connectivity index (χ2n) is 2.56. The molecule has 0 bridgehead atoms. The fourth-order valence-electron chi connectivity index (χ4n) is 0.740. The standard InChI is InChI=1S/C8H13N3O/c1-6(5-9)12-8-7(10)3-2-4-11-8/h2-4,6H,5,9-10H2,1H3. The molecule has 1 aromatic rings. The van der Waals surface area contributed by atoms with Crippen LogP contribution in [0.5, 0.6) is 5.88 Å². The van der Waals surface area contributed by atoms with Crippen molar-refractivity contribution in [1.82, 2.24) is 4.98 Å². The van der Waals surface area contributed by atoms with E-state index in [-0.39, 0.29) is 6.10 Å². The number of nitrogens with zero attached hydrogens (tertiary/aromatic N) is 1. The highest BCUT2D eigenvalue weighted by Crippen LogP contribution is 2.16. The lowest BCUT2D eigenvalue weighted by atomic mass is 10.4. The molecule has 1 heterocycles. The Balaban J connectivity index is 2.69. The summed E-state index contributed by atoms with van der Waals surface area (Å²) < 4.78 is 5.33. The molecule has 0 aliphatic carbocycles. The Kier molecular flexibility index (Phi) is 2.88. The van der Waals surface area contributed by atoms with E-state index in [4.69, 9.17) is 16.2 Å². The van der Waals surface area contributed by atoms with Crippen molar-refractivity contribution in [2.45, 2.75) is 13.0 Å². The fraction of sp³-hybridized carbons (Fsp3) is 0.375. The summed E-state index contributed by atoms with van der Waals surface area (Å²) in [6.07, 6.45) is 1.58. The number of nitrogen functional groups attached to an aromatic ring is 1. The molecule has 0 amide bonds. The zero-order chi connectivity index (χ0) is 8.97. The predicted octanol–water partition coefficient (Wildman–Crippen LogP) is 0.390. The number of ether oxygens (including phenoxy) is 1. The number of hydrogen-bond acceptors (Lipinski definition) is 4. The van der Waals surface area contributed by atoms with Gasteiger partial charge in [0.25, 0.3) is 0 Å². The van der Waals surface area contributed by atoms with E-state index in [0.29, 0.717) is 18.1 Å². The van der Waals surface area contributed by atoms with E-state index in [1.165, 1.54) is 0 Å². The van der Waals surface area contributed by atoms with Crippen molar-refractivity contribution in [1.29, 1.82) is 0 Å². The number of pyridine rings is 1. The van der Waals surface area contributed by atoms with Gasteiger partial charge >= 0.3 is 0 Å². The van der Waals surface area contributed by atoms with Crippen molar-refractivity contribution in [2.75, 3.05) is 12.3 Å². The first-order valence-corrected chi connectivity index (χ1v) is 3.81. The van der Waals surface area contributed by atoms with Gasteiger partial charge in [-0.05, 0) is 19.1 Å². The molecule has 0 saturated heterocycles. The first-order chi connectivity index (χ1) is 5.74. The molecule has 1 unspecified atom stereocenters. The van der Waals surface area contributed by atoms with Crippen LogP contribution >= 0.6 is 0 Å². The number of hydrogen-bond donors (Lipinski definition) is 2. The van der Waals surface area contributed by atoms with Crippen LogP contribution in [-0.4, -0.2) is 17.6 Å². The molecule has 12 heavy (non-hydrogen) atoms. The molecule has 0 aliphatic heterocycles. The lowest BCUT2D eigenvalue weighted by molar-refractivity contribution is 0.222. The SMILES string of the molecule is CC(CN)Oc1ncccc1N. The van der Waals surface area contributed by atoms with E-state index in [0.717, 1.165) is 0 Å². The Bertz CT molecular complexity index is 252. The second kappa shape index (κ2) is 3.92. The average Bonchev–Trinajstić information content (AvgIpc) is 2.09. The highest BCUT2D eigenvalue weighted by Gasteiger charge is 2.04. The third-order valence-electron chi connectivity index (χ3n) is 1.45. The van der Waals surface area contributed by atoms with Crippen LogP contribution in [-0.2, 0) is 0 Å². The van der Waals surface area contributed by atoms with E-state index >= 15 is 0 Å². The van der Waals surface area contributed by atoms with Gasteiger partial charge in [0.15, 0.2) is 0 Å². The number of aromatic nitrogens is 1. The molecule has 0 radical (unpaired) electrons. The average molecular weight is 167 g/mol. The van der Waals surface area contributed by atoms with Crippen LogP contribution < -0.4 is 16.2 Å². The van der Waals surface area contributed by atoms with Crippen molar-refractivity contribution in [3.8, 4) is 5.88 Å². The molecule has 0 spiro atoms. The molecule has 4 N–H and O–H groups in total. The summed E-state index contributed by atoms with van der Waals surface area (Å²) in [7, 11) is 0. The lowest BCUT2D eigenvalue weighted by Crippen LogP contribution is -2.23. The van der Waals surface area contributed by atoms with Crippen LogP contribution in [0.25, 0.3) is 0 Å². The predicted molar refractivity (Wildman–Crippen MR) is 47.8 cm³/mol. The van der Waals surface area contributed by atoms with Gasteiger partial charge in [-0.25, -0.2) is 4.98 Å². The minimum absolute atomic E-state index is 0.0535. The molecule has 1 aromatic heterocycles. The molecular weight excluding hydrogens is 154 g/mol. The van der Waals surface area contributed by atoms with E-state index in [1.54, 1.807) is 18.3 Å².